The number of ether oxygens (including phenoxy) is 1. The van der Waals surface area contributed by atoms with Crippen LogP contribution in [0.3, 0.4) is 0 Å². The summed E-state index contributed by atoms with van der Waals surface area (Å²) in [5.41, 5.74) is 0.234. The van der Waals surface area contributed by atoms with Crippen molar-refractivity contribution >= 4 is 11.9 Å². The van der Waals surface area contributed by atoms with Gasteiger partial charge in [-0.25, -0.2) is 18.9 Å². The summed E-state index contributed by atoms with van der Waals surface area (Å²) in [7, 11) is 0. The SMILES string of the molecule is CCCNc1ncc(F)c(-n2cc(C(=O)OCC)cn2)n1. The monoisotopic (exact) mass is 293 g/mol. The zero-order chi connectivity index (χ0) is 15.2. The molecule has 0 fully saturated rings. The molecule has 2 rings (SSSR count). The van der Waals surface area contributed by atoms with Crippen molar-refractivity contribution in [1.82, 2.24) is 19.7 Å². The summed E-state index contributed by atoms with van der Waals surface area (Å²) in [4.78, 5) is 19.5. The Hall–Kier alpha value is -2.51. The van der Waals surface area contributed by atoms with Gasteiger partial charge in [-0.15, -0.1) is 0 Å². The van der Waals surface area contributed by atoms with E-state index in [2.05, 4.69) is 20.4 Å². The van der Waals surface area contributed by atoms with Crippen molar-refractivity contribution in [2.75, 3.05) is 18.5 Å². The molecule has 0 bridgehead atoms. The summed E-state index contributed by atoms with van der Waals surface area (Å²) in [5.74, 6) is -0.862. The molecular weight excluding hydrogens is 277 g/mol. The van der Waals surface area contributed by atoms with Gasteiger partial charge in [-0.1, -0.05) is 6.92 Å². The lowest BCUT2D eigenvalue weighted by atomic mass is 10.4. The first-order chi connectivity index (χ1) is 10.2. The highest BCUT2D eigenvalue weighted by atomic mass is 19.1. The standard InChI is InChI=1S/C13H16FN5O2/c1-3-5-15-13-16-7-10(14)11(18-13)19-8-9(6-17-19)12(20)21-4-2/h6-8H,3-5H2,1-2H3,(H,15,16,18). The maximum Gasteiger partial charge on any atom is 0.341 e. The Balaban J connectivity index is 2.26. The number of nitrogens with zero attached hydrogens (tertiary/aromatic N) is 4. The van der Waals surface area contributed by atoms with E-state index in [0.29, 0.717) is 12.5 Å². The van der Waals surface area contributed by atoms with E-state index in [-0.39, 0.29) is 18.0 Å². The highest BCUT2D eigenvalue weighted by Gasteiger charge is 2.14. The van der Waals surface area contributed by atoms with Gasteiger partial charge in [0.1, 0.15) is 0 Å². The van der Waals surface area contributed by atoms with Gasteiger partial charge >= 0.3 is 5.97 Å². The lowest BCUT2D eigenvalue weighted by Crippen LogP contribution is -2.09. The van der Waals surface area contributed by atoms with Crippen LogP contribution < -0.4 is 5.32 Å². The molecule has 0 saturated heterocycles. The molecule has 8 heteroatoms. The number of nitrogens with one attached hydrogen (secondary N) is 1. The van der Waals surface area contributed by atoms with Gasteiger partial charge in [0, 0.05) is 12.7 Å². The molecule has 0 aromatic carbocycles. The molecule has 0 amide bonds. The van der Waals surface area contributed by atoms with E-state index in [1.54, 1.807) is 6.92 Å². The van der Waals surface area contributed by atoms with Crippen molar-refractivity contribution in [1.29, 1.82) is 0 Å². The molecule has 2 aromatic rings. The van der Waals surface area contributed by atoms with E-state index in [9.17, 15) is 9.18 Å². The van der Waals surface area contributed by atoms with Crippen molar-refractivity contribution in [2.45, 2.75) is 20.3 Å². The maximum atomic E-state index is 13.8. The van der Waals surface area contributed by atoms with Crippen molar-refractivity contribution in [3.05, 3.63) is 30.0 Å². The minimum absolute atomic E-state index is 0.0286. The zero-order valence-corrected chi connectivity index (χ0v) is 11.8. The fourth-order valence-electron chi connectivity index (χ4n) is 1.60. The van der Waals surface area contributed by atoms with E-state index < -0.39 is 11.8 Å². The van der Waals surface area contributed by atoms with Gasteiger partial charge in [-0.3, -0.25) is 0 Å². The van der Waals surface area contributed by atoms with Crippen molar-refractivity contribution in [3.8, 4) is 5.82 Å². The third-order valence-corrected chi connectivity index (χ3v) is 2.57. The minimum Gasteiger partial charge on any atom is -0.462 e. The first-order valence-electron chi connectivity index (χ1n) is 6.64. The van der Waals surface area contributed by atoms with Gasteiger partial charge in [0.15, 0.2) is 11.6 Å². The molecule has 2 heterocycles. The third-order valence-electron chi connectivity index (χ3n) is 2.57. The average Bonchev–Trinajstić information content (AvgIpc) is 2.96. The Labute approximate surface area is 121 Å². The van der Waals surface area contributed by atoms with Gasteiger partial charge in [0.05, 0.1) is 24.6 Å². The second-order valence-electron chi connectivity index (χ2n) is 4.19. The summed E-state index contributed by atoms with van der Waals surface area (Å²) in [6.07, 6.45) is 4.63. The van der Waals surface area contributed by atoms with E-state index in [0.717, 1.165) is 12.6 Å². The number of carbonyl (C=O) groups excluding carboxylic acids is 1. The van der Waals surface area contributed by atoms with E-state index in [1.165, 1.54) is 17.1 Å². The Morgan fingerprint density at radius 2 is 2.24 bits per heavy atom. The first-order valence-corrected chi connectivity index (χ1v) is 6.64. The number of aromatic nitrogens is 4. The van der Waals surface area contributed by atoms with Crippen LogP contribution in [0.15, 0.2) is 18.6 Å². The van der Waals surface area contributed by atoms with Crippen LogP contribution in [0.1, 0.15) is 30.6 Å². The van der Waals surface area contributed by atoms with Crippen LogP contribution in [0, 0.1) is 5.82 Å². The highest BCUT2D eigenvalue weighted by Crippen LogP contribution is 2.12. The van der Waals surface area contributed by atoms with E-state index in [4.69, 9.17) is 4.74 Å². The normalized spacial score (nSPS) is 10.4. The quantitative estimate of drug-likeness (QED) is 0.818. The van der Waals surface area contributed by atoms with Gasteiger partial charge in [-0.05, 0) is 13.3 Å². The van der Waals surface area contributed by atoms with Gasteiger partial charge < -0.3 is 10.1 Å². The topological polar surface area (TPSA) is 81.9 Å². The molecule has 0 aliphatic rings. The molecule has 7 nitrogen and oxygen atoms in total. The van der Waals surface area contributed by atoms with Crippen LogP contribution in [-0.4, -0.2) is 38.9 Å². The largest absolute Gasteiger partial charge is 0.462 e. The summed E-state index contributed by atoms with van der Waals surface area (Å²) in [6, 6.07) is 0. The molecule has 21 heavy (non-hydrogen) atoms. The molecule has 0 aliphatic heterocycles. The van der Waals surface area contributed by atoms with Crippen molar-refractivity contribution < 1.29 is 13.9 Å². The summed E-state index contributed by atoms with van der Waals surface area (Å²) in [6.45, 7) is 4.64. The number of rotatable bonds is 6. The first kappa shape index (κ1) is 14.9. The van der Waals surface area contributed by atoms with Crippen LogP contribution in [0.2, 0.25) is 0 Å². The lowest BCUT2D eigenvalue weighted by Gasteiger charge is -2.06. The fraction of sp³-hybridized carbons (Fsp3) is 0.385. The van der Waals surface area contributed by atoms with E-state index in [1.807, 2.05) is 6.92 Å². The predicted octanol–water partition coefficient (Wildman–Crippen LogP) is 1.80. The highest BCUT2D eigenvalue weighted by molar-refractivity contribution is 5.88. The molecule has 0 spiro atoms. The number of carbonyl (C=O) groups is 1. The molecule has 0 radical (unpaired) electrons. The predicted molar refractivity (Wildman–Crippen MR) is 73.8 cm³/mol. The number of esters is 1. The molecule has 1 N–H and O–H groups in total. The molecule has 0 unspecified atom stereocenters. The summed E-state index contributed by atoms with van der Waals surface area (Å²) < 4.78 is 19.8. The van der Waals surface area contributed by atoms with Crippen LogP contribution in [0.25, 0.3) is 5.82 Å². The minimum atomic E-state index is -0.629. The number of hydrogen-bond donors (Lipinski definition) is 1. The molecule has 0 aliphatic carbocycles. The molecular formula is C13H16FN5O2. The Morgan fingerprint density at radius 3 is 2.95 bits per heavy atom. The van der Waals surface area contributed by atoms with Gasteiger partial charge in [0.25, 0.3) is 0 Å². The van der Waals surface area contributed by atoms with Crippen molar-refractivity contribution in [3.63, 3.8) is 0 Å². The molecule has 2 aromatic heterocycles. The summed E-state index contributed by atoms with van der Waals surface area (Å²) in [5, 5.41) is 6.89. The summed E-state index contributed by atoms with van der Waals surface area (Å²) >= 11 is 0. The van der Waals surface area contributed by atoms with Crippen molar-refractivity contribution in [2.24, 2.45) is 0 Å². The molecule has 0 saturated carbocycles. The molecule has 112 valence electrons. The van der Waals surface area contributed by atoms with E-state index >= 15 is 0 Å². The van der Waals surface area contributed by atoms with Crippen LogP contribution >= 0.6 is 0 Å². The average molecular weight is 293 g/mol. The van der Waals surface area contributed by atoms with Crippen LogP contribution in [0.4, 0.5) is 10.3 Å². The number of halogens is 1. The Morgan fingerprint density at radius 1 is 1.43 bits per heavy atom. The van der Waals surface area contributed by atoms with Crippen LogP contribution in [0.5, 0.6) is 0 Å². The third kappa shape index (κ3) is 3.53. The molecule has 0 atom stereocenters. The number of hydrogen-bond acceptors (Lipinski definition) is 6. The zero-order valence-electron chi connectivity index (χ0n) is 11.8. The Bertz CT molecular complexity index is 629. The lowest BCUT2D eigenvalue weighted by molar-refractivity contribution is 0.0526. The van der Waals surface area contributed by atoms with Crippen LogP contribution in [-0.2, 0) is 4.74 Å². The fourth-order valence-corrected chi connectivity index (χ4v) is 1.60. The number of anilines is 1. The maximum absolute atomic E-state index is 13.8. The van der Waals surface area contributed by atoms with Gasteiger partial charge in [0.2, 0.25) is 5.95 Å². The second kappa shape index (κ2) is 6.78. The second-order valence-corrected chi connectivity index (χ2v) is 4.19. The smallest absolute Gasteiger partial charge is 0.341 e. The van der Waals surface area contributed by atoms with Gasteiger partial charge in [-0.2, -0.15) is 10.1 Å². The Kier molecular flexibility index (Phi) is 4.81.